The van der Waals surface area contributed by atoms with Gasteiger partial charge in [-0.25, -0.2) is 4.79 Å². The largest absolute Gasteiger partial charge is 0.477 e. The van der Waals surface area contributed by atoms with Crippen molar-refractivity contribution in [3.8, 4) is 0 Å². The number of hydrogen-bond acceptors (Lipinski definition) is 4. The summed E-state index contributed by atoms with van der Waals surface area (Å²) in [6.45, 7) is 2.16. The van der Waals surface area contributed by atoms with Crippen LogP contribution in [0.5, 0.6) is 0 Å². The fourth-order valence-electron chi connectivity index (χ4n) is 3.46. The van der Waals surface area contributed by atoms with Crippen molar-refractivity contribution in [2.24, 2.45) is 5.92 Å². The second kappa shape index (κ2) is 7.34. The van der Waals surface area contributed by atoms with Gasteiger partial charge in [-0.2, -0.15) is 0 Å². The van der Waals surface area contributed by atoms with Gasteiger partial charge >= 0.3 is 5.97 Å². The third kappa shape index (κ3) is 3.61. The van der Waals surface area contributed by atoms with Gasteiger partial charge in [0.1, 0.15) is 4.88 Å². The lowest BCUT2D eigenvalue weighted by Gasteiger charge is -2.37. The Bertz CT molecular complexity index is 628. The minimum atomic E-state index is -1.01. The molecule has 0 aromatic carbocycles. The number of carboxylic acid groups (broad SMARTS) is 1. The minimum Gasteiger partial charge on any atom is -0.477 e. The Morgan fingerprint density at radius 3 is 2.08 bits per heavy atom. The highest BCUT2D eigenvalue weighted by molar-refractivity contribution is 7.15. The summed E-state index contributed by atoms with van der Waals surface area (Å²) < 4.78 is 0. The molecule has 2 heterocycles. The normalized spacial score (nSPS) is 19.3. The first-order valence-electron chi connectivity index (χ1n) is 8.47. The molecule has 2 aliphatic rings. The van der Waals surface area contributed by atoms with Crippen molar-refractivity contribution in [3.05, 3.63) is 21.9 Å². The van der Waals surface area contributed by atoms with E-state index >= 15 is 0 Å². The monoisotopic (exact) mass is 350 g/mol. The minimum absolute atomic E-state index is 0.141. The lowest BCUT2D eigenvalue weighted by atomic mass is 9.88. The van der Waals surface area contributed by atoms with Crippen LogP contribution in [0.3, 0.4) is 0 Å². The van der Waals surface area contributed by atoms with Gasteiger partial charge in [-0.1, -0.05) is 19.3 Å². The molecule has 1 saturated heterocycles. The molecule has 1 saturated carbocycles. The molecular formula is C17H22N2O4S. The van der Waals surface area contributed by atoms with Crippen LogP contribution >= 0.6 is 11.3 Å². The van der Waals surface area contributed by atoms with Crippen LogP contribution in [0.25, 0.3) is 0 Å². The fraction of sp³-hybridized carbons (Fsp3) is 0.588. The topological polar surface area (TPSA) is 77.9 Å². The molecule has 0 radical (unpaired) electrons. The van der Waals surface area contributed by atoms with E-state index in [4.69, 9.17) is 5.11 Å². The zero-order chi connectivity index (χ0) is 17.1. The highest BCUT2D eigenvalue weighted by Gasteiger charge is 2.30. The number of hydrogen-bond donors (Lipinski definition) is 1. The van der Waals surface area contributed by atoms with E-state index in [9.17, 15) is 14.4 Å². The molecule has 0 unspecified atom stereocenters. The summed E-state index contributed by atoms with van der Waals surface area (Å²) in [7, 11) is 0. The molecular weight excluding hydrogens is 328 g/mol. The van der Waals surface area contributed by atoms with Crippen molar-refractivity contribution in [2.45, 2.75) is 32.1 Å². The zero-order valence-electron chi connectivity index (χ0n) is 13.6. The zero-order valence-corrected chi connectivity index (χ0v) is 14.4. The number of carbonyl (C=O) groups is 3. The molecule has 7 heteroatoms. The predicted molar refractivity (Wildman–Crippen MR) is 90.3 cm³/mol. The molecule has 2 amide bonds. The number of thiophene rings is 1. The molecule has 1 aliphatic carbocycles. The van der Waals surface area contributed by atoms with Crippen molar-refractivity contribution < 1.29 is 19.5 Å². The maximum atomic E-state index is 12.5. The first-order valence-corrected chi connectivity index (χ1v) is 9.29. The van der Waals surface area contributed by atoms with Gasteiger partial charge in [0.25, 0.3) is 5.91 Å². The van der Waals surface area contributed by atoms with E-state index in [-0.39, 0.29) is 22.6 Å². The molecule has 3 rings (SSSR count). The van der Waals surface area contributed by atoms with Crippen LogP contribution in [0.15, 0.2) is 12.1 Å². The van der Waals surface area contributed by atoms with Crippen molar-refractivity contribution in [1.82, 2.24) is 9.80 Å². The SMILES string of the molecule is O=C(O)c1ccc(C(=O)N2CCN(C(=O)C3CCCCC3)CC2)s1. The van der Waals surface area contributed by atoms with E-state index < -0.39 is 5.97 Å². The maximum Gasteiger partial charge on any atom is 0.345 e. The average Bonchev–Trinajstić information content (AvgIpc) is 3.12. The van der Waals surface area contributed by atoms with E-state index in [0.29, 0.717) is 31.1 Å². The van der Waals surface area contributed by atoms with Crippen LogP contribution in [0, 0.1) is 5.92 Å². The number of rotatable bonds is 3. The molecule has 2 fully saturated rings. The predicted octanol–water partition coefficient (Wildman–Crippen LogP) is 2.31. The molecule has 0 spiro atoms. The van der Waals surface area contributed by atoms with Gasteiger partial charge in [-0.05, 0) is 25.0 Å². The van der Waals surface area contributed by atoms with E-state index in [1.54, 1.807) is 11.0 Å². The summed E-state index contributed by atoms with van der Waals surface area (Å²) in [5, 5.41) is 8.95. The third-order valence-electron chi connectivity index (χ3n) is 4.86. The molecule has 1 N–H and O–H groups in total. The summed E-state index contributed by atoms with van der Waals surface area (Å²) >= 11 is 1.00. The number of aromatic carboxylic acids is 1. The summed E-state index contributed by atoms with van der Waals surface area (Å²) in [6, 6.07) is 3.03. The van der Waals surface area contributed by atoms with Crippen LogP contribution in [-0.2, 0) is 4.79 Å². The van der Waals surface area contributed by atoms with Crippen molar-refractivity contribution in [2.75, 3.05) is 26.2 Å². The van der Waals surface area contributed by atoms with Gasteiger partial charge in [0.05, 0.1) is 4.88 Å². The van der Waals surface area contributed by atoms with Crippen molar-refractivity contribution >= 4 is 29.1 Å². The Balaban J connectivity index is 1.55. The smallest absolute Gasteiger partial charge is 0.345 e. The molecule has 1 aromatic heterocycles. The molecule has 0 atom stereocenters. The second-order valence-electron chi connectivity index (χ2n) is 6.42. The highest BCUT2D eigenvalue weighted by Crippen LogP contribution is 2.26. The fourth-order valence-corrected chi connectivity index (χ4v) is 4.27. The Kier molecular flexibility index (Phi) is 5.18. The van der Waals surface area contributed by atoms with Gasteiger partial charge in [0.15, 0.2) is 0 Å². The molecule has 1 aliphatic heterocycles. The molecule has 6 nitrogen and oxygen atoms in total. The average molecular weight is 350 g/mol. The molecule has 0 bridgehead atoms. The first kappa shape index (κ1) is 17.0. The highest BCUT2D eigenvalue weighted by atomic mass is 32.1. The number of piperazine rings is 1. The van der Waals surface area contributed by atoms with E-state index in [1.165, 1.54) is 12.5 Å². The van der Waals surface area contributed by atoms with E-state index in [1.807, 2.05) is 4.90 Å². The lowest BCUT2D eigenvalue weighted by molar-refractivity contribution is -0.138. The van der Waals surface area contributed by atoms with Crippen LogP contribution in [-0.4, -0.2) is 58.9 Å². The van der Waals surface area contributed by atoms with Crippen LogP contribution < -0.4 is 0 Å². The van der Waals surface area contributed by atoms with Crippen LogP contribution in [0.1, 0.15) is 51.4 Å². The number of carbonyl (C=O) groups excluding carboxylic acids is 2. The van der Waals surface area contributed by atoms with Crippen molar-refractivity contribution in [3.63, 3.8) is 0 Å². The van der Waals surface area contributed by atoms with Gasteiger partial charge in [-0.3, -0.25) is 9.59 Å². The summed E-state index contributed by atoms with van der Waals surface area (Å²) in [5.41, 5.74) is 0. The summed E-state index contributed by atoms with van der Waals surface area (Å²) in [5.74, 6) is -0.748. The standard InChI is InChI=1S/C17H22N2O4S/c20-15(12-4-2-1-3-5-12)18-8-10-19(11-9-18)16(21)13-6-7-14(24-13)17(22)23/h6-7,12H,1-5,8-11H2,(H,22,23). The van der Waals surface area contributed by atoms with Gasteiger partial charge in [0.2, 0.25) is 5.91 Å². The quantitative estimate of drug-likeness (QED) is 0.907. The van der Waals surface area contributed by atoms with Gasteiger partial charge in [0, 0.05) is 32.1 Å². The molecule has 24 heavy (non-hydrogen) atoms. The summed E-state index contributed by atoms with van der Waals surface area (Å²) in [6.07, 6.45) is 5.49. The first-order chi connectivity index (χ1) is 11.6. The Hall–Kier alpha value is -1.89. The van der Waals surface area contributed by atoms with Crippen LogP contribution in [0.2, 0.25) is 0 Å². The Labute approximate surface area is 145 Å². The van der Waals surface area contributed by atoms with Gasteiger partial charge in [-0.15, -0.1) is 11.3 Å². The number of nitrogens with zero attached hydrogens (tertiary/aromatic N) is 2. The molecule has 1 aromatic rings. The van der Waals surface area contributed by atoms with Crippen LogP contribution in [0.4, 0.5) is 0 Å². The van der Waals surface area contributed by atoms with E-state index in [2.05, 4.69) is 0 Å². The second-order valence-corrected chi connectivity index (χ2v) is 7.51. The maximum absolute atomic E-state index is 12.5. The number of carboxylic acids is 1. The Morgan fingerprint density at radius 2 is 1.50 bits per heavy atom. The van der Waals surface area contributed by atoms with E-state index in [0.717, 1.165) is 37.0 Å². The van der Waals surface area contributed by atoms with Gasteiger partial charge < -0.3 is 14.9 Å². The third-order valence-corrected chi connectivity index (χ3v) is 5.92. The lowest BCUT2D eigenvalue weighted by Crippen LogP contribution is -2.52. The van der Waals surface area contributed by atoms with Crippen molar-refractivity contribution in [1.29, 1.82) is 0 Å². The Morgan fingerprint density at radius 1 is 0.917 bits per heavy atom. The molecule has 130 valence electrons. The number of amides is 2. The summed E-state index contributed by atoms with van der Waals surface area (Å²) in [4.78, 5) is 40.1.